The minimum atomic E-state index is -1.21. The van der Waals surface area contributed by atoms with Gasteiger partial charge in [-0.15, -0.1) is 0 Å². The standard InChI is InChI=1S/C12H17FN2O3/c1-6(8(3)13)7(2)11(17)14-9-4-5-10(16)15-12(9)18/h8-9H,4-5H2,1-3H3,(H,14,17)(H,15,16,18)/b7-6+/t8-,9?/m1/s1. The van der Waals surface area contributed by atoms with Crippen LogP contribution in [0.15, 0.2) is 11.1 Å². The molecule has 2 N–H and O–H groups in total. The van der Waals surface area contributed by atoms with Crippen molar-refractivity contribution in [3.63, 3.8) is 0 Å². The van der Waals surface area contributed by atoms with Gasteiger partial charge in [0.2, 0.25) is 17.7 Å². The normalized spacial score (nSPS) is 23.0. The lowest BCUT2D eigenvalue weighted by molar-refractivity contribution is -0.136. The van der Waals surface area contributed by atoms with E-state index in [1.165, 1.54) is 20.8 Å². The molecule has 0 spiro atoms. The molecule has 0 aliphatic carbocycles. The fraction of sp³-hybridized carbons (Fsp3) is 0.583. The van der Waals surface area contributed by atoms with Gasteiger partial charge >= 0.3 is 0 Å². The van der Waals surface area contributed by atoms with Gasteiger partial charge in [0.1, 0.15) is 12.2 Å². The Bertz CT molecular complexity index is 416. The summed E-state index contributed by atoms with van der Waals surface area (Å²) in [4.78, 5) is 34.1. The second-order valence-electron chi connectivity index (χ2n) is 4.40. The average Bonchev–Trinajstić information content (AvgIpc) is 2.30. The molecular formula is C12H17FN2O3. The van der Waals surface area contributed by atoms with E-state index >= 15 is 0 Å². The number of alkyl halides is 1. The number of carbonyl (C=O) groups excluding carboxylic acids is 3. The molecule has 0 radical (unpaired) electrons. The number of piperidine rings is 1. The summed E-state index contributed by atoms with van der Waals surface area (Å²) in [6.45, 7) is 4.38. The Hall–Kier alpha value is -1.72. The van der Waals surface area contributed by atoms with E-state index in [4.69, 9.17) is 0 Å². The minimum absolute atomic E-state index is 0.192. The zero-order valence-electron chi connectivity index (χ0n) is 10.7. The number of carbonyl (C=O) groups is 3. The van der Waals surface area contributed by atoms with Crippen molar-refractivity contribution in [3.05, 3.63) is 11.1 Å². The predicted octanol–water partition coefficient (Wildman–Crippen LogP) is 0.602. The summed E-state index contributed by atoms with van der Waals surface area (Å²) in [7, 11) is 0. The monoisotopic (exact) mass is 256 g/mol. The fourth-order valence-corrected chi connectivity index (χ4v) is 1.58. The quantitative estimate of drug-likeness (QED) is 0.573. The number of halogens is 1. The minimum Gasteiger partial charge on any atom is -0.340 e. The van der Waals surface area contributed by atoms with Crippen molar-refractivity contribution in [2.24, 2.45) is 0 Å². The molecule has 100 valence electrons. The third kappa shape index (κ3) is 3.38. The van der Waals surface area contributed by atoms with Gasteiger partial charge in [-0.3, -0.25) is 19.7 Å². The maximum absolute atomic E-state index is 13.1. The van der Waals surface area contributed by atoms with Gasteiger partial charge in [0.05, 0.1) is 0 Å². The van der Waals surface area contributed by atoms with Crippen LogP contribution in [0.25, 0.3) is 0 Å². The van der Waals surface area contributed by atoms with Crippen LogP contribution in [-0.4, -0.2) is 29.9 Å². The van der Waals surface area contributed by atoms with Gasteiger partial charge in [0.25, 0.3) is 0 Å². The third-order valence-electron chi connectivity index (χ3n) is 3.07. The van der Waals surface area contributed by atoms with E-state index in [9.17, 15) is 18.8 Å². The smallest absolute Gasteiger partial charge is 0.249 e. The summed E-state index contributed by atoms with van der Waals surface area (Å²) in [6, 6.07) is -0.729. The van der Waals surface area contributed by atoms with E-state index < -0.39 is 24.0 Å². The van der Waals surface area contributed by atoms with Crippen molar-refractivity contribution < 1.29 is 18.8 Å². The molecule has 0 aromatic carbocycles. The van der Waals surface area contributed by atoms with Gasteiger partial charge in [0, 0.05) is 12.0 Å². The van der Waals surface area contributed by atoms with Crippen molar-refractivity contribution in [1.82, 2.24) is 10.6 Å². The van der Waals surface area contributed by atoms with Gasteiger partial charge < -0.3 is 5.32 Å². The molecule has 1 aliphatic heterocycles. The van der Waals surface area contributed by atoms with Crippen LogP contribution in [0.1, 0.15) is 33.6 Å². The van der Waals surface area contributed by atoms with Gasteiger partial charge in [-0.2, -0.15) is 0 Å². The van der Waals surface area contributed by atoms with Crippen molar-refractivity contribution in [2.75, 3.05) is 0 Å². The van der Waals surface area contributed by atoms with E-state index in [2.05, 4.69) is 10.6 Å². The SMILES string of the molecule is C/C(C(=O)NC1CCC(=O)NC1=O)=C(/C)[C@@H](C)F. The first-order valence-corrected chi connectivity index (χ1v) is 5.79. The van der Waals surface area contributed by atoms with Crippen molar-refractivity contribution in [1.29, 1.82) is 0 Å². The zero-order chi connectivity index (χ0) is 13.9. The van der Waals surface area contributed by atoms with Gasteiger partial charge in [-0.25, -0.2) is 4.39 Å². The highest BCUT2D eigenvalue weighted by Gasteiger charge is 2.28. The van der Waals surface area contributed by atoms with E-state index in [0.29, 0.717) is 5.57 Å². The topological polar surface area (TPSA) is 75.3 Å². The van der Waals surface area contributed by atoms with Crippen molar-refractivity contribution in [3.8, 4) is 0 Å². The number of hydrogen-bond acceptors (Lipinski definition) is 3. The van der Waals surface area contributed by atoms with Crippen LogP contribution in [0.5, 0.6) is 0 Å². The fourth-order valence-electron chi connectivity index (χ4n) is 1.58. The largest absolute Gasteiger partial charge is 0.340 e. The molecular weight excluding hydrogens is 239 g/mol. The number of rotatable bonds is 3. The first kappa shape index (κ1) is 14.3. The Kier molecular flexibility index (Phi) is 4.58. The molecule has 1 aliphatic rings. The summed E-state index contributed by atoms with van der Waals surface area (Å²) in [5.41, 5.74) is 0.592. The lowest BCUT2D eigenvalue weighted by atomic mass is 10.0. The van der Waals surface area contributed by atoms with Crippen LogP contribution >= 0.6 is 0 Å². The second-order valence-corrected chi connectivity index (χ2v) is 4.40. The Labute approximate surface area is 105 Å². The maximum Gasteiger partial charge on any atom is 0.249 e. The number of hydrogen-bond donors (Lipinski definition) is 2. The molecule has 1 saturated heterocycles. The summed E-state index contributed by atoms with van der Waals surface area (Å²) in [6.07, 6.45) is -0.746. The van der Waals surface area contributed by atoms with Crippen molar-refractivity contribution in [2.45, 2.75) is 45.8 Å². The van der Waals surface area contributed by atoms with Crippen LogP contribution in [0.4, 0.5) is 4.39 Å². The number of imide groups is 1. The van der Waals surface area contributed by atoms with E-state index in [1.54, 1.807) is 0 Å². The highest BCUT2D eigenvalue weighted by Crippen LogP contribution is 2.12. The van der Waals surface area contributed by atoms with E-state index in [-0.39, 0.29) is 24.3 Å². The summed E-state index contributed by atoms with van der Waals surface area (Å²) < 4.78 is 13.1. The van der Waals surface area contributed by atoms with Gasteiger partial charge in [-0.05, 0) is 32.8 Å². The number of amides is 3. The molecule has 1 rings (SSSR count). The molecule has 6 heteroatoms. The Morgan fingerprint density at radius 1 is 1.44 bits per heavy atom. The molecule has 0 aromatic rings. The number of allylic oxidation sites excluding steroid dienone is 1. The number of nitrogens with one attached hydrogen (secondary N) is 2. The lowest BCUT2D eigenvalue weighted by Gasteiger charge is -2.22. The molecule has 0 aromatic heterocycles. The zero-order valence-corrected chi connectivity index (χ0v) is 10.7. The van der Waals surface area contributed by atoms with Gasteiger partial charge in [-0.1, -0.05) is 0 Å². The summed E-state index contributed by atoms with van der Waals surface area (Å²) in [5.74, 6) is -1.34. The summed E-state index contributed by atoms with van der Waals surface area (Å²) in [5, 5.41) is 4.64. The molecule has 1 unspecified atom stereocenters. The Morgan fingerprint density at radius 2 is 2.06 bits per heavy atom. The molecule has 1 heterocycles. The Morgan fingerprint density at radius 3 is 2.56 bits per heavy atom. The third-order valence-corrected chi connectivity index (χ3v) is 3.07. The first-order chi connectivity index (χ1) is 8.32. The van der Waals surface area contributed by atoms with Crippen LogP contribution < -0.4 is 10.6 Å². The molecule has 3 amide bonds. The van der Waals surface area contributed by atoms with E-state index in [1.807, 2.05) is 0 Å². The molecule has 18 heavy (non-hydrogen) atoms. The van der Waals surface area contributed by atoms with Crippen LogP contribution in [0.2, 0.25) is 0 Å². The average molecular weight is 256 g/mol. The second kappa shape index (κ2) is 5.75. The molecule has 1 fully saturated rings. The predicted molar refractivity (Wildman–Crippen MR) is 63.3 cm³/mol. The van der Waals surface area contributed by atoms with Gasteiger partial charge in [0.15, 0.2) is 0 Å². The highest BCUT2D eigenvalue weighted by atomic mass is 19.1. The van der Waals surface area contributed by atoms with Crippen LogP contribution in [0, 0.1) is 0 Å². The Balaban J connectivity index is 2.68. The molecule has 0 saturated carbocycles. The lowest BCUT2D eigenvalue weighted by Crippen LogP contribution is -2.52. The molecule has 0 bridgehead atoms. The van der Waals surface area contributed by atoms with Crippen LogP contribution in [-0.2, 0) is 14.4 Å². The van der Waals surface area contributed by atoms with E-state index in [0.717, 1.165) is 0 Å². The summed E-state index contributed by atoms with van der Waals surface area (Å²) >= 11 is 0. The molecule has 2 atom stereocenters. The first-order valence-electron chi connectivity index (χ1n) is 5.79. The van der Waals surface area contributed by atoms with Crippen LogP contribution in [0.3, 0.4) is 0 Å². The maximum atomic E-state index is 13.1. The molecule has 5 nitrogen and oxygen atoms in total. The highest BCUT2D eigenvalue weighted by molar-refractivity contribution is 6.03. The van der Waals surface area contributed by atoms with Crippen molar-refractivity contribution >= 4 is 17.7 Å².